The molecule has 0 aliphatic carbocycles. The summed E-state index contributed by atoms with van der Waals surface area (Å²) in [5, 5.41) is 59.7. The monoisotopic (exact) mass is 2190 g/mol. The molecular formula is C106H155B2BrN15Na2O22Ti. The summed E-state index contributed by atoms with van der Waals surface area (Å²) < 4.78 is 64.9. The average Bonchev–Trinajstić information content (AvgIpc) is 1.58. The first kappa shape index (κ1) is 138. The molecule has 149 heavy (non-hydrogen) atoms. The zero-order valence-corrected chi connectivity index (χ0v) is 100. The van der Waals surface area contributed by atoms with Crippen molar-refractivity contribution >= 4 is 106 Å². The number of aliphatic hydroxyl groups excluding tert-OH is 4. The Kier molecular flexibility index (Phi) is 60.6. The van der Waals surface area contributed by atoms with Gasteiger partial charge in [0.2, 0.25) is 0 Å². The second-order valence-corrected chi connectivity index (χ2v) is 38.4. The number of carbonyl (C=O) groups is 7. The quantitative estimate of drug-likeness (QED) is 0.0202. The van der Waals surface area contributed by atoms with E-state index in [0.29, 0.717) is 71.2 Å². The maximum absolute atomic E-state index is 12.9. The molecule has 7 N–H and O–H groups in total. The Bertz CT molecular complexity index is 6200. The number of carboxylic acids is 1. The molecule has 805 valence electrons. The van der Waals surface area contributed by atoms with Crippen LogP contribution in [0.1, 0.15) is 256 Å². The van der Waals surface area contributed by atoms with Gasteiger partial charge in [0.05, 0.1) is 140 Å². The van der Waals surface area contributed by atoms with Crippen LogP contribution in [0.3, 0.4) is 0 Å². The van der Waals surface area contributed by atoms with Gasteiger partial charge in [0.15, 0.2) is 11.6 Å². The largest absolute Gasteiger partial charge is 1.00 e. The molecule has 0 aromatic carbocycles. The molecule has 12 aromatic heterocycles. The summed E-state index contributed by atoms with van der Waals surface area (Å²) in [6.07, 6.45) is 22.0. The molecule has 16 rings (SSSR count). The topological polar surface area (TPSA) is 441 Å². The smallest absolute Gasteiger partial charge is 1.00 e. The number of nitrogens with zero attached hydrogens (tertiary/aromatic N) is 14. The molecule has 4 fully saturated rings. The van der Waals surface area contributed by atoms with Crippen LogP contribution < -0.4 is 69.9 Å². The van der Waals surface area contributed by atoms with Crippen LogP contribution in [0.25, 0.3) is 61.1 Å². The SMILES string of the molecule is C1COCCN1.C=C(c1c(C)c(C(=O)OC(C)C)cc2cc(-c3cnn(C)c3)cn12)N1CCOCC1.CC(=O)O.CC(C)O.CC(C)O.CC(C)O.CC(C)O.CCOC(=O)c1cc2cc(-c3cnn(C)c3)cn2c(C(C)=O)c1C.CCOC(=O)c1cc2cc(Br)cn2c(C(C)=O)c1C.Cc1c(C(=O)OC(C)C)cc2cc(-c3cnn(C)c3)cn2c1C(C)N1CCOCC1.Cn1cc(B2OC(C)(C)C(C)(C)O2)cn1.[B].[H-].[Na+].[Na+].[OH-].[Ti]. The Morgan fingerprint density at radius 3 is 1.07 bits per heavy atom. The minimum atomic E-state index is -0.833. The molecule has 4 aliphatic rings. The van der Waals surface area contributed by atoms with Crippen molar-refractivity contribution < 1.29 is 189 Å². The Morgan fingerprint density at radius 1 is 0.456 bits per heavy atom. The summed E-state index contributed by atoms with van der Waals surface area (Å²) >= 11 is 3.38. The van der Waals surface area contributed by atoms with Crippen molar-refractivity contribution in [3.63, 3.8) is 0 Å². The minimum Gasteiger partial charge on any atom is -1.00 e. The predicted molar refractivity (Wildman–Crippen MR) is 572 cm³/mol. The van der Waals surface area contributed by atoms with E-state index in [2.05, 4.69) is 98.3 Å². The van der Waals surface area contributed by atoms with Gasteiger partial charge in [-0.1, -0.05) is 6.58 Å². The number of aryl methyl sites for hydroxylation is 4. The van der Waals surface area contributed by atoms with Crippen molar-refractivity contribution in [3.8, 4) is 33.4 Å². The summed E-state index contributed by atoms with van der Waals surface area (Å²) in [6.45, 7) is 61.6. The second kappa shape index (κ2) is 65.5. The Hall–Kier alpha value is -9.05. The Labute approximate surface area is 948 Å². The van der Waals surface area contributed by atoms with Gasteiger partial charge in [-0.25, -0.2) is 19.2 Å². The molecule has 3 radical (unpaired) electrons. The van der Waals surface area contributed by atoms with Gasteiger partial charge in [-0.3, -0.25) is 38.0 Å². The number of ether oxygens (including phenoxy) is 7. The predicted octanol–water partition coefficient (Wildman–Crippen LogP) is 9.07. The van der Waals surface area contributed by atoms with Crippen molar-refractivity contribution in [2.45, 2.75) is 234 Å². The average molecular weight is 2190 g/mol. The van der Waals surface area contributed by atoms with Crippen LogP contribution in [-0.2, 0) is 97.2 Å². The number of aliphatic carboxylic acids is 1. The fraction of sp³-hybridized carbons (Fsp3) is 0.500. The minimum absolute atomic E-state index is 0. The van der Waals surface area contributed by atoms with E-state index < -0.39 is 17.9 Å². The molecule has 12 aromatic rings. The van der Waals surface area contributed by atoms with Crippen LogP contribution in [0.2, 0.25) is 0 Å². The first-order valence-electron chi connectivity index (χ1n) is 48.5. The number of carboxylic acid groups (broad SMARTS) is 1. The third-order valence-corrected chi connectivity index (χ3v) is 22.7. The zero-order chi connectivity index (χ0) is 108. The number of nitrogens with one attached hydrogen (secondary N) is 1. The summed E-state index contributed by atoms with van der Waals surface area (Å²) in [6, 6.07) is 15.4. The number of halogens is 1. The molecule has 4 saturated heterocycles. The Morgan fingerprint density at radius 2 is 0.758 bits per heavy atom. The molecule has 1 unspecified atom stereocenters. The van der Waals surface area contributed by atoms with Crippen LogP contribution in [0.4, 0.5) is 0 Å². The molecule has 1 atom stereocenters. The normalized spacial score (nSPS) is 13.8. The van der Waals surface area contributed by atoms with E-state index >= 15 is 0 Å². The fourth-order valence-electron chi connectivity index (χ4n) is 15.3. The van der Waals surface area contributed by atoms with Crippen molar-refractivity contribution in [1.29, 1.82) is 0 Å². The number of hydrogen-bond acceptors (Lipinski definition) is 28. The molecular weight excluding hydrogens is 2030 g/mol. The van der Waals surface area contributed by atoms with E-state index in [4.69, 9.17) is 72.8 Å². The maximum Gasteiger partial charge on any atom is 1.00 e. The summed E-state index contributed by atoms with van der Waals surface area (Å²) in [4.78, 5) is 87.5. The fourth-order valence-corrected chi connectivity index (χ4v) is 15.7. The van der Waals surface area contributed by atoms with Gasteiger partial charge in [0.25, 0.3) is 5.97 Å². The van der Waals surface area contributed by atoms with Gasteiger partial charge in [0.1, 0.15) is 0 Å². The summed E-state index contributed by atoms with van der Waals surface area (Å²) in [7, 11) is 7.24. The number of aliphatic hydroxyl groups is 4. The van der Waals surface area contributed by atoms with Crippen molar-refractivity contribution in [2.75, 3.05) is 92.1 Å². The van der Waals surface area contributed by atoms with Gasteiger partial charge in [0, 0.05) is 276 Å². The van der Waals surface area contributed by atoms with Crippen molar-refractivity contribution in [2.24, 2.45) is 28.2 Å². The molecule has 4 aliphatic heterocycles. The summed E-state index contributed by atoms with van der Waals surface area (Å²) in [5.74, 6) is -2.42. The Balaban J connectivity index is 0.00000175. The molecule has 0 spiro atoms. The van der Waals surface area contributed by atoms with E-state index in [1.165, 1.54) is 13.8 Å². The molecule has 0 bridgehead atoms. The molecule has 0 amide bonds. The maximum atomic E-state index is 12.9. The number of aromatic nitrogens is 12. The van der Waals surface area contributed by atoms with E-state index in [1.807, 2.05) is 176 Å². The van der Waals surface area contributed by atoms with Gasteiger partial charge < -0.3 is 103 Å². The van der Waals surface area contributed by atoms with Gasteiger partial charge in [-0.2, -0.15) is 20.4 Å². The zero-order valence-electron chi connectivity index (χ0n) is 94.2. The van der Waals surface area contributed by atoms with Gasteiger partial charge in [-0.15, -0.1) is 0 Å². The van der Waals surface area contributed by atoms with Crippen LogP contribution in [-0.4, -0.2) is 294 Å². The second-order valence-electron chi connectivity index (χ2n) is 37.5. The third kappa shape index (κ3) is 41.7. The van der Waals surface area contributed by atoms with Crippen molar-refractivity contribution in [3.05, 3.63) is 201 Å². The standard InChI is InChI=1S/C23H30N4O3.C23H28N4O3.C18H19N3O3.C14H14BrNO3.C10H17BN2O2.C4H9NO.4C3H8O.C2H4O2.B.2Na.H2O.Ti.H/c2*1-15(2)30-23(28)21-11-20-10-18(19-12-24-25(5)13-19)14-27(20)22(16(21)3)17(4)26-6-8-29-9-7-26;1-5-24-18(23)16-7-15-6-13(14-8-19-20(4)9-14)10-21(15)17(11(16)2)12(3)22;1-4-19-14(18)12-6-11-5-10(15)7-16(11)13(8(12)2)9(3)17;1-9(2)10(3,4)15-11(14-9)8-6-12-13(5)7-8;1-3-6-4-2-5-1;4*1-3(2)4;1-2(3)4;;;;;;/h10-15,17H,6-9H2,1-5H3;10-15H,4,6-9H2,1-3,5H3;6-10H,5H2,1-4H3;5-7H,4H2,1-3H3;6-7H,1-5H3;5H,1-4H2;4*3-4H,1-2H3;1H3,(H,3,4);;;;1H2;;/q;;;;;;;;;;;;2*+1;;;-1/p-1. The van der Waals surface area contributed by atoms with Gasteiger partial charge in [-0.05, 0) is 246 Å². The number of fused-ring (bicyclic) bond motifs is 4. The van der Waals surface area contributed by atoms with E-state index in [-0.39, 0.29) is 181 Å². The van der Waals surface area contributed by atoms with E-state index in [1.54, 1.807) is 131 Å². The first-order chi connectivity index (χ1) is 67.5. The number of rotatable bonds is 18. The van der Waals surface area contributed by atoms with Gasteiger partial charge >= 0.3 is 90.1 Å². The van der Waals surface area contributed by atoms with Crippen LogP contribution >= 0.6 is 15.9 Å². The number of Topliss-reactive ketones (excluding diaryl/α,β-unsaturated/α-hetero) is 2. The van der Waals surface area contributed by atoms with Crippen LogP contribution in [0.5, 0.6) is 0 Å². The van der Waals surface area contributed by atoms with Crippen molar-refractivity contribution in [1.82, 2.24) is 71.8 Å². The number of esters is 4. The summed E-state index contributed by atoms with van der Waals surface area (Å²) in [5.41, 5.74) is 19.0. The number of morpholine rings is 3. The molecule has 0 saturated carbocycles. The third-order valence-electron chi connectivity index (χ3n) is 22.2. The number of ketones is 2. The van der Waals surface area contributed by atoms with E-state index in [9.17, 15) is 28.8 Å². The first-order valence-corrected chi connectivity index (χ1v) is 49.3. The number of hydrogen-bond donors (Lipinski definition) is 6. The molecule has 43 heteroatoms. The number of pyridine rings is 4. The van der Waals surface area contributed by atoms with Crippen LogP contribution in [0, 0.1) is 27.7 Å². The van der Waals surface area contributed by atoms with E-state index in [0.717, 1.165) is 166 Å². The molecule has 37 nitrogen and oxygen atoms in total. The van der Waals surface area contributed by atoms with Crippen LogP contribution in [0.15, 0.2) is 134 Å². The molecule has 16 heterocycles. The number of carbonyl (C=O) groups excluding carboxylic acids is 6.